The van der Waals surface area contributed by atoms with Gasteiger partial charge in [-0.2, -0.15) is 0 Å². The highest BCUT2D eigenvalue weighted by Crippen LogP contribution is 2.34. The molecule has 1 N–H and O–H groups in total. The largest absolute Gasteiger partial charge is 0.383 e. The van der Waals surface area contributed by atoms with Crippen LogP contribution in [0, 0.1) is 5.92 Å². The van der Waals surface area contributed by atoms with E-state index in [4.69, 9.17) is 4.74 Å². The number of hydrogen-bond donors (Lipinski definition) is 1. The molecule has 1 saturated heterocycles. The van der Waals surface area contributed by atoms with E-state index in [1.165, 1.54) is 11.9 Å². The molecule has 2 aliphatic rings. The molecule has 2 atom stereocenters. The molecule has 2 unspecified atom stereocenters. The van der Waals surface area contributed by atoms with E-state index in [0.717, 1.165) is 10.5 Å². The van der Waals surface area contributed by atoms with Crippen LogP contribution in [-0.2, 0) is 20.7 Å². The van der Waals surface area contributed by atoms with Crippen LogP contribution < -0.4 is 5.32 Å². The van der Waals surface area contributed by atoms with Crippen LogP contribution in [0.15, 0.2) is 42.1 Å². The fourth-order valence-electron chi connectivity index (χ4n) is 3.71. The summed E-state index contributed by atoms with van der Waals surface area (Å²) in [5.41, 5.74) is 1.54. The van der Waals surface area contributed by atoms with Crippen LogP contribution in [0.3, 0.4) is 0 Å². The minimum absolute atomic E-state index is 0.252. The molecule has 2 heterocycles. The Labute approximate surface area is 164 Å². The van der Waals surface area contributed by atoms with Crippen LogP contribution in [-0.4, -0.2) is 79.6 Å². The number of ether oxygens (including phenoxy) is 1. The molecule has 8 nitrogen and oxygen atoms in total. The maximum absolute atomic E-state index is 12.8. The third kappa shape index (κ3) is 3.73. The summed E-state index contributed by atoms with van der Waals surface area (Å²) in [5, 5.41) is 2.92. The highest BCUT2D eigenvalue weighted by Gasteiger charge is 2.50. The molecular formula is C20H26N4O4. The Bertz CT molecular complexity index is 780. The summed E-state index contributed by atoms with van der Waals surface area (Å²) in [7, 11) is 4.68. The standard InChI is InChI=1S/C20H26N4O4/c1-22-18-15(19(26)23(2)20(22)27)13-16(24(18)11-12-28-3)17(25)21-10-9-14-7-5-4-6-8-14/h4-8,13,15,18H,9-12H2,1-3H3,(H,21,25). The summed E-state index contributed by atoms with van der Waals surface area (Å²) in [6, 6.07) is 9.51. The van der Waals surface area contributed by atoms with E-state index in [0.29, 0.717) is 31.8 Å². The molecule has 150 valence electrons. The van der Waals surface area contributed by atoms with E-state index in [-0.39, 0.29) is 17.8 Å². The fourth-order valence-corrected chi connectivity index (χ4v) is 3.71. The molecule has 0 bridgehead atoms. The Morgan fingerprint density at radius 3 is 2.57 bits per heavy atom. The molecule has 1 fully saturated rings. The van der Waals surface area contributed by atoms with E-state index in [9.17, 15) is 14.4 Å². The normalized spacial score (nSPS) is 21.7. The molecule has 0 aliphatic carbocycles. The summed E-state index contributed by atoms with van der Waals surface area (Å²) < 4.78 is 5.16. The first-order valence-corrected chi connectivity index (χ1v) is 9.29. The van der Waals surface area contributed by atoms with Gasteiger partial charge in [0.25, 0.3) is 5.91 Å². The zero-order valence-corrected chi connectivity index (χ0v) is 16.4. The van der Waals surface area contributed by atoms with Gasteiger partial charge in [-0.05, 0) is 18.1 Å². The van der Waals surface area contributed by atoms with Crippen LogP contribution in [0.4, 0.5) is 4.79 Å². The molecule has 8 heteroatoms. The van der Waals surface area contributed by atoms with Crippen molar-refractivity contribution in [2.45, 2.75) is 12.6 Å². The topological polar surface area (TPSA) is 82.2 Å². The second kappa shape index (κ2) is 8.43. The molecule has 3 rings (SSSR count). The lowest BCUT2D eigenvalue weighted by Gasteiger charge is -2.43. The maximum atomic E-state index is 12.8. The summed E-state index contributed by atoms with van der Waals surface area (Å²) in [6.07, 6.45) is 1.87. The highest BCUT2D eigenvalue weighted by atomic mass is 16.5. The number of hydrogen-bond acceptors (Lipinski definition) is 5. The smallest absolute Gasteiger partial charge is 0.327 e. The average molecular weight is 386 g/mol. The number of nitrogens with one attached hydrogen (secondary N) is 1. The van der Waals surface area contributed by atoms with E-state index >= 15 is 0 Å². The molecule has 1 aromatic rings. The van der Waals surface area contributed by atoms with Crippen LogP contribution in [0.2, 0.25) is 0 Å². The molecule has 28 heavy (non-hydrogen) atoms. The van der Waals surface area contributed by atoms with Crippen molar-refractivity contribution in [3.63, 3.8) is 0 Å². The lowest BCUT2D eigenvalue weighted by molar-refractivity contribution is -0.137. The summed E-state index contributed by atoms with van der Waals surface area (Å²) >= 11 is 0. The van der Waals surface area contributed by atoms with Gasteiger partial charge in [-0.1, -0.05) is 30.3 Å². The molecule has 0 saturated carbocycles. The van der Waals surface area contributed by atoms with E-state index in [1.54, 1.807) is 25.1 Å². The molecule has 1 aromatic carbocycles. The van der Waals surface area contributed by atoms with Crippen molar-refractivity contribution >= 4 is 17.8 Å². The Kier molecular flexibility index (Phi) is 5.99. The van der Waals surface area contributed by atoms with Crippen molar-refractivity contribution in [3.05, 3.63) is 47.7 Å². The minimum Gasteiger partial charge on any atom is -0.383 e. The minimum atomic E-state index is -0.570. The lowest BCUT2D eigenvalue weighted by Crippen LogP contribution is -2.62. The summed E-state index contributed by atoms with van der Waals surface area (Å²) in [5.74, 6) is -1.13. The number of nitrogens with zero attached hydrogens (tertiary/aromatic N) is 3. The van der Waals surface area contributed by atoms with Gasteiger partial charge in [0.2, 0.25) is 5.91 Å². The van der Waals surface area contributed by atoms with Crippen LogP contribution in [0.25, 0.3) is 0 Å². The molecule has 2 aliphatic heterocycles. The number of rotatable bonds is 7. The number of carbonyl (C=O) groups is 3. The lowest BCUT2D eigenvalue weighted by atomic mass is 10.0. The quantitative estimate of drug-likeness (QED) is 0.744. The van der Waals surface area contributed by atoms with Gasteiger partial charge in [-0.25, -0.2) is 4.79 Å². The molecule has 0 radical (unpaired) electrons. The third-order valence-electron chi connectivity index (χ3n) is 5.20. The van der Waals surface area contributed by atoms with Crippen molar-refractivity contribution in [3.8, 4) is 0 Å². The van der Waals surface area contributed by atoms with Crippen LogP contribution in [0.1, 0.15) is 5.56 Å². The van der Waals surface area contributed by atoms with E-state index in [2.05, 4.69) is 5.32 Å². The first kappa shape index (κ1) is 19.9. The zero-order valence-electron chi connectivity index (χ0n) is 16.4. The first-order chi connectivity index (χ1) is 13.5. The average Bonchev–Trinajstić information content (AvgIpc) is 3.09. The number of benzene rings is 1. The van der Waals surface area contributed by atoms with E-state index in [1.807, 2.05) is 30.3 Å². The monoisotopic (exact) mass is 386 g/mol. The molecule has 0 spiro atoms. The first-order valence-electron chi connectivity index (χ1n) is 9.29. The van der Waals surface area contributed by atoms with Gasteiger partial charge in [0.15, 0.2) is 0 Å². The van der Waals surface area contributed by atoms with Gasteiger partial charge in [0.05, 0.1) is 12.5 Å². The van der Waals surface area contributed by atoms with Crippen LogP contribution >= 0.6 is 0 Å². The Morgan fingerprint density at radius 1 is 1.18 bits per heavy atom. The van der Waals surface area contributed by atoms with Crippen molar-refractivity contribution in [1.82, 2.24) is 20.0 Å². The number of methoxy groups -OCH3 is 1. The van der Waals surface area contributed by atoms with Gasteiger partial charge in [-0.3, -0.25) is 14.5 Å². The Hall–Kier alpha value is -2.87. The Balaban J connectivity index is 1.74. The summed E-state index contributed by atoms with van der Waals surface area (Å²) in [4.78, 5) is 42.2. The number of amides is 4. The fraction of sp³-hybridized carbons (Fsp3) is 0.450. The maximum Gasteiger partial charge on any atom is 0.327 e. The van der Waals surface area contributed by atoms with Crippen molar-refractivity contribution in [2.75, 3.05) is 40.9 Å². The second-order valence-electron chi connectivity index (χ2n) is 6.96. The summed E-state index contributed by atoms with van der Waals surface area (Å²) in [6.45, 7) is 1.27. The van der Waals surface area contributed by atoms with Gasteiger partial charge < -0.3 is 19.9 Å². The third-order valence-corrected chi connectivity index (χ3v) is 5.20. The van der Waals surface area contributed by atoms with Gasteiger partial charge in [-0.15, -0.1) is 0 Å². The predicted molar refractivity (Wildman–Crippen MR) is 103 cm³/mol. The van der Waals surface area contributed by atoms with Crippen molar-refractivity contribution < 1.29 is 19.1 Å². The predicted octanol–water partition coefficient (Wildman–Crippen LogP) is 0.657. The van der Waals surface area contributed by atoms with Gasteiger partial charge in [0.1, 0.15) is 11.9 Å². The van der Waals surface area contributed by atoms with Crippen LogP contribution in [0.5, 0.6) is 0 Å². The second-order valence-corrected chi connectivity index (χ2v) is 6.96. The van der Waals surface area contributed by atoms with E-state index < -0.39 is 12.1 Å². The van der Waals surface area contributed by atoms with Crippen molar-refractivity contribution in [1.29, 1.82) is 0 Å². The Morgan fingerprint density at radius 2 is 1.89 bits per heavy atom. The molecule has 0 aromatic heterocycles. The van der Waals surface area contributed by atoms with Gasteiger partial charge >= 0.3 is 6.03 Å². The van der Waals surface area contributed by atoms with Gasteiger partial charge in [0, 0.05) is 34.3 Å². The highest BCUT2D eigenvalue weighted by molar-refractivity contribution is 6.02. The number of imide groups is 1. The zero-order chi connectivity index (χ0) is 20.3. The van der Waals surface area contributed by atoms with Crippen molar-refractivity contribution in [2.24, 2.45) is 5.92 Å². The number of urea groups is 1. The number of fused-ring (bicyclic) bond motifs is 1. The SMILES string of the molecule is COCCN1C(C(=O)NCCc2ccccc2)=CC2C(=O)N(C)C(=O)N(C)C21. The molecule has 4 amide bonds. The number of carbonyl (C=O) groups excluding carboxylic acids is 3. The molecular weight excluding hydrogens is 360 g/mol.